The number of hydrogen-bond donors (Lipinski definition) is 3. The molecule has 0 aromatic rings. The van der Waals surface area contributed by atoms with Crippen LogP contribution in [0.1, 0.15) is 0 Å². The number of urea groups is 1. The summed E-state index contributed by atoms with van der Waals surface area (Å²) < 4.78 is 0. The molecule has 50 valence electrons. The van der Waals surface area contributed by atoms with Crippen LogP contribution in [0.2, 0.25) is 0 Å². The van der Waals surface area contributed by atoms with Crippen LogP contribution in [0.4, 0.5) is 4.79 Å². The number of hydrogen-bond acceptors (Lipinski definition) is 3. The van der Waals surface area contributed by atoms with E-state index in [0.29, 0.717) is 0 Å². The first kappa shape index (κ1) is 15.7. The number of carbonyl (C=O) groups is 2. The summed E-state index contributed by atoms with van der Waals surface area (Å²) in [4.78, 5) is 18.7. The van der Waals surface area contributed by atoms with Gasteiger partial charge in [-0.05, 0) is 0 Å². The topological polar surface area (TPSA) is 107 Å². The zero-order chi connectivity index (χ0) is 4.99. The zero-order valence-corrected chi connectivity index (χ0v) is 4.90. The summed E-state index contributed by atoms with van der Waals surface area (Å²) in [5.74, 6) is 0. The van der Waals surface area contributed by atoms with Crippen molar-refractivity contribution in [1.29, 1.82) is 0 Å². The first-order chi connectivity index (χ1) is 2.77. The van der Waals surface area contributed by atoms with Crippen molar-refractivity contribution in [3.8, 4) is 0 Å². The molecule has 0 heterocycles. The van der Waals surface area contributed by atoms with Crippen LogP contribution in [0.5, 0.6) is 0 Å². The molecular formula is C2H8ClN3O2. The van der Waals surface area contributed by atoms with Crippen molar-refractivity contribution in [3.63, 3.8) is 0 Å². The van der Waals surface area contributed by atoms with E-state index in [-0.39, 0.29) is 25.0 Å². The normalized spacial score (nSPS) is 5.00. The average molecular weight is 142 g/mol. The minimum Gasteiger partial charge on any atom is -0.351 e. The van der Waals surface area contributed by atoms with Gasteiger partial charge < -0.3 is 11.9 Å². The Balaban J connectivity index is -0.000000125. The van der Waals surface area contributed by atoms with E-state index in [1.54, 1.807) is 5.32 Å². The standard InChI is InChI=1S/C2H4N2O2.ClH.H3N/c3-2(6)4-1-5;;/h1H,(H3,3,4,5,6);1H;1H3. The highest BCUT2D eigenvalue weighted by atomic mass is 35.5. The fourth-order valence-electron chi connectivity index (χ4n) is 0.0581. The number of imide groups is 1. The number of nitrogens with two attached hydrogens (primary N) is 1. The van der Waals surface area contributed by atoms with Crippen LogP contribution in [0.3, 0.4) is 0 Å². The van der Waals surface area contributed by atoms with Crippen molar-refractivity contribution in [2.45, 2.75) is 0 Å². The summed E-state index contributed by atoms with van der Waals surface area (Å²) >= 11 is 0. The molecule has 0 atom stereocenters. The monoisotopic (exact) mass is 141 g/mol. The Labute approximate surface area is 52.6 Å². The fourth-order valence-corrected chi connectivity index (χ4v) is 0.0581. The Hall–Kier alpha value is -0.810. The van der Waals surface area contributed by atoms with Gasteiger partial charge in [0.05, 0.1) is 0 Å². The van der Waals surface area contributed by atoms with Crippen LogP contribution in [0.15, 0.2) is 0 Å². The molecule has 0 saturated carbocycles. The van der Waals surface area contributed by atoms with Crippen molar-refractivity contribution in [2.75, 3.05) is 0 Å². The number of nitrogens with one attached hydrogen (secondary N) is 1. The second-order valence-electron chi connectivity index (χ2n) is 0.626. The molecule has 0 spiro atoms. The summed E-state index contributed by atoms with van der Waals surface area (Å²) in [6.07, 6.45) is 0.225. The molecule has 6 heteroatoms. The lowest BCUT2D eigenvalue weighted by molar-refractivity contribution is -0.108. The first-order valence-corrected chi connectivity index (χ1v) is 1.27. The summed E-state index contributed by atoms with van der Waals surface area (Å²) in [6.45, 7) is 0. The highest BCUT2D eigenvalue weighted by molar-refractivity contribution is 5.85. The molecule has 0 aliphatic carbocycles. The molecule has 6 N–H and O–H groups in total. The smallest absolute Gasteiger partial charge is 0.318 e. The molecule has 0 bridgehead atoms. The van der Waals surface area contributed by atoms with E-state index in [9.17, 15) is 9.59 Å². The van der Waals surface area contributed by atoms with Crippen LogP contribution in [-0.2, 0) is 4.79 Å². The minimum atomic E-state index is -0.829. The quantitative estimate of drug-likeness (QED) is 0.424. The maximum absolute atomic E-state index is 9.48. The van der Waals surface area contributed by atoms with Gasteiger partial charge in [0.1, 0.15) is 0 Å². The summed E-state index contributed by atoms with van der Waals surface area (Å²) in [6, 6.07) is -0.829. The Kier molecular flexibility index (Phi) is 18.6. The Bertz CT molecular complexity index is 75.7. The largest absolute Gasteiger partial charge is 0.351 e. The van der Waals surface area contributed by atoms with Gasteiger partial charge in [0.25, 0.3) is 0 Å². The third-order valence-electron chi connectivity index (χ3n) is 0.201. The molecule has 0 aliphatic rings. The zero-order valence-electron chi connectivity index (χ0n) is 4.09. The van der Waals surface area contributed by atoms with Crippen molar-refractivity contribution in [3.05, 3.63) is 0 Å². The number of amides is 3. The van der Waals surface area contributed by atoms with Gasteiger partial charge in [-0.25, -0.2) is 4.79 Å². The number of primary amides is 1. The van der Waals surface area contributed by atoms with Gasteiger partial charge >= 0.3 is 6.03 Å². The van der Waals surface area contributed by atoms with Gasteiger partial charge in [0, 0.05) is 0 Å². The second kappa shape index (κ2) is 9.50. The van der Waals surface area contributed by atoms with Crippen LogP contribution in [-0.4, -0.2) is 12.4 Å². The Morgan fingerprint density at radius 2 is 2.00 bits per heavy atom. The van der Waals surface area contributed by atoms with Gasteiger partial charge in [0.2, 0.25) is 6.41 Å². The van der Waals surface area contributed by atoms with Crippen molar-refractivity contribution in [2.24, 2.45) is 5.73 Å². The van der Waals surface area contributed by atoms with Gasteiger partial charge in [-0.15, -0.1) is 12.4 Å². The van der Waals surface area contributed by atoms with Gasteiger partial charge in [0.15, 0.2) is 0 Å². The summed E-state index contributed by atoms with van der Waals surface area (Å²) in [7, 11) is 0. The van der Waals surface area contributed by atoms with E-state index in [2.05, 4.69) is 5.73 Å². The van der Waals surface area contributed by atoms with E-state index in [1.165, 1.54) is 0 Å². The molecule has 8 heavy (non-hydrogen) atoms. The molecular weight excluding hydrogens is 133 g/mol. The van der Waals surface area contributed by atoms with E-state index in [0.717, 1.165) is 0 Å². The summed E-state index contributed by atoms with van der Waals surface area (Å²) in [5, 5.41) is 1.67. The lowest BCUT2D eigenvalue weighted by atomic mass is 11.0. The molecule has 0 fully saturated rings. The average Bonchev–Trinajstić information content (AvgIpc) is 1.35. The molecule has 0 aliphatic heterocycles. The van der Waals surface area contributed by atoms with E-state index in [4.69, 9.17) is 0 Å². The highest BCUT2D eigenvalue weighted by Gasteiger charge is 1.79. The van der Waals surface area contributed by atoms with Crippen molar-refractivity contribution in [1.82, 2.24) is 11.5 Å². The molecule has 0 unspecified atom stereocenters. The molecule has 0 aromatic carbocycles. The van der Waals surface area contributed by atoms with E-state index >= 15 is 0 Å². The highest BCUT2D eigenvalue weighted by Crippen LogP contribution is 1.41. The van der Waals surface area contributed by atoms with Gasteiger partial charge in [-0.2, -0.15) is 0 Å². The molecule has 0 aromatic heterocycles. The number of carbonyl (C=O) groups excluding carboxylic acids is 2. The molecule has 3 amide bonds. The third kappa shape index (κ3) is 19.0. The van der Waals surface area contributed by atoms with E-state index in [1.807, 2.05) is 0 Å². The second-order valence-corrected chi connectivity index (χ2v) is 0.626. The molecule has 0 radical (unpaired) electrons. The van der Waals surface area contributed by atoms with Gasteiger partial charge in [-0.1, -0.05) is 0 Å². The Morgan fingerprint density at radius 3 is 2.00 bits per heavy atom. The van der Waals surface area contributed by atoms with Crippen molar-refractivity contribution >= 4 is 24.8 Å². The predicted octanol–water partition coefficient (Wildman–Crippen LogP) is -0.605. The lowest BCUT2D eigenvalue weighted by Crippen LogP contribution is -2.27. The molecule has 0 saturated heterocycles. The lowest BCUT2D eigenvalue weighted by Gasteiger charge is -1.79. The number of rotatable bonds is 1. The SMILES string of the molecule is Cl.N.NC(=O)NC=O. The van der Waals surface area contributed by atoms with Crippen LogP contribution >= 0.6 is 12.4 Å². The minimum absolute atomic E-state index is 0. The third-order valence-corrected chi connectivity index (χ3v) is 0.201. The first-order valence-electron chi connectivity index (χ1n) is 1.27. The fraction of sp³-hybridized carbons (Fsp3) is 0. The summed E-state index contributed by atoms with van der Waals surface area (Å²) in [5.41, 5.74) is 4.42. The Morgan fingerprint density at radius 1 is 1.62 bits per heavy atom. The number of halogens is 1. The predicted molar refractivity (Wildman–Crippen MR) is 31.1 cm³/mol. The van der Waals surface area contributed by atoms with Crippen LogP contribution in [0, 0.1) is 0 Å². The van der Waals surface area contributed by atoms with Crippen LogP contribution in [0.25, 0.3) is 0 Å². The maximum atomic E-state index is 9.48. The van der Waals surface area contributed by atoms with E-state index < -0.39 is 6.03 Å². The van der Waals surface area contributed by atoms with Gasteiger partial charge in [-0.3, -0.25) is 10.1 Å². The van der Waals surface area contributed by atoms with Crippen LogP contribution < -0.4 is 17.2 Å². The van der Waals surface area contributed by atoms with Crippen molar-refractivity contribution < 1.29 is 9.59 Å². The molecule has 5 nitrogen and oxygen atoms in total. The maximum Gasteiger partial charge on any atom is 0.318 e. The molecule has 0 rings (SSSR count).